The largest absolute Gasteiger partial charge is 0.0979 e. The zero-order valence-electron chi connectivity index (χ0n) is 6.69. The van der Waals surface area contributed by atoms with Gasteiger partial charge in [-0.3, -0.25) is 0 Å². The lowest BCUT2D eigenvalue weighted by Crippen LogP contribution is -1.75. The molecule has 0 spiro atoms. The van der Waals surface area contributed by atoms with Crippen molar-refractivity contribution in [1.82, 2.24) is 0 Å². The number of rotatable bonds is 5. The van der Waals surface area contributed by atoms with Crippen LogP contribution in [0.5, 0.6) is 0 Å². The summed E-state index contributed by atoms with van der Waals surface area (Å²) in [6.07, 6.45) is 7.65. The summed E-state index contributed by atoms with van der Waals surface area (Å²) < 4.78 is 0. The predicted octanol–water partition coefficient (Wildman–Crippen LogP) is 3.72. The molecule has 0 fully saturated rings. The van der Waals surface area contributed by atoms with Crippen LogP contribution in [0.1, 0.15) is 45.4 Å². The van der Waals surface area contributed by atoms with Gasteiger partial charge in [0.05, 0.1) is 9.24 Å². The summed E-state index contributed by atoms with van der Waals surface area (Å²) in [6.45, 7) is 2.23. The number of hydrogen-bond donors (Lipinski definition) is 0. The Labute approximate surface area is 67.0 Å². The van der Waals surface area contributed by atoms with Crippen molar-refractivity contribution in [3.8, 4) is 11.6 Å². The van der Waals surface area contributed by atoms with Crippen LogP contribution in [0.25, 0.3) is 0 Å². The van der Waals surface area contributed by atoms with Gasteiger partial charge in [0, 0.05) is 6.42 Å². The predicted molar refractivity (Wildman–Crippen MR) is 48.1 cm³/mol. The minimum absolute atomic E-state index is 1.02. The van der Waals surface area contributed by atoms with Gasteiger partial charge in [-0.15, -0.1) is 0 Å². The van der Waals surface area contributed by atoms with Crippen molar-refractivity contribution >= 4 is 9.24 Å². The summed E-state index contributed by atoms with van der Waals surface area (Å²) in [5.41, 5.74) is 2.60. The lowest BCUT2D eigenvalue weighted by molar-refractivity contribution is 0.641. The van der Waals surface area contributed by atoms with E-state index in [0.29, 0.717) is 0 Å². The fourth-order valence-electron chi connectivity index (χ4n) is 0.873. The summed E-state index contributed by atoms with van der Waals surface area (Å²) in [5, 5.41) is 0. The molecular weight excluding hydrogens is 139 g/mol. The molecule has 0 rings (SSSR count). The summed E-state index contributed by atoms with van der Waals surface area (Å²) in [4.78, 5) is 0. The molecule has 0 aliphatic heterocycles. The lowest BCUT2D eigenvalue weighted by Gasteiger charge is -1.93. The first-order valence-electron chi connectivity index (χ1n) is 4.03. The quantitative estimate of drug-likeness (QED) is 0.321. The maximum Gasteiger partial charge on any atom is 0.0586 e. The minimum atomic E-state index is 1.02. The summed E-state index contributed by atoms with van der Waals surface area (Å²) in [6, 6.07) is 0. The van der Waals surface area contributed by atoms with Crippen molar-refractivity contribution in [3.05, 3.63) is 0 Å². The average molecular weight is 154 g/mol. The molecule has 2 radical (unpaired) electrons. The molecule has 0 atom stereocenters. The van der Waals surface area contributed by atoms with E-state index in [1.165, 1.54) is 32.1 Å². The number of unbranched alkanes of at least 4 members (excludes halogenated alkanes) is 5. The molecule has 0 unspecified atom stereocenters. The second kappa shape index (κ2) is 8.99. The molecule has 0 aromatic carbocycles. The Kier molecular flexibility index (Phi) is 8.98. The molecule has 0 amide bonds. The van der Waals surface area contributed by atoms with Gasteiger partial charge in [0.25, 0.3) is 0 Å². The number of hydrogen-bond acceptors (Lipinski definition) is 0. The van der Waals surface area contributed by atoms with Crippen molar-refractivity contribution in [2.75, 3.05) is 0 Å². The molecule has 0 N–H and O–H groups in total. The van der Waals surface area contributed by atoms with E-state index in [2.05, 4.69) is 27.7 Å². The maximum atomic E-state index is 3.80. The Bertz CT molecular complexity index is 108. The monoisotopic (exact) mass is 154 g/mol. The fourth-order valence-corrected chi connectivity index (χ4v) is 0.985. The highest BCUT2D eigenvalue weighted by molar-refractivity contribution is 7.23. The Hall–Kier alpha value is -0.0100. The van der Waals surface area contributed by atoms with Crippen LogP contribution in [0.2, 0.25) is 0 Å². The second-order valence-corrected chi connectivity index (χ2v) is 2.68. The summed E-state index contributed by atoms with van der Waals surface area (Å²) in [5.74, 6) is 2.94. The summed E-state index contributed by atoms with van der Waals surface area (Å²) >= 11 is 0. The van der Waals surface area contributed by atoms with Crippen molar-refractivity contribution in [1.29, 1.82) is 0 Å². The topological polar surface area (TPSA) is 0 Å². The third kappa shape index (κ3) is 7.99. The van der Waals surface area contributed by atoms with Gasteiger partial charge in [-0.1, -0.05) is 44.2 Å². The highest BCUT2D eigenvalue weighted by Crippen LogP contribution is 2.03. The van der Waals surface area contributed by atoms with E-state index < -0.39 is 0 Å². The Morgan fingerprint density at radius 2 is 1.80 bits per heavy atom. The van der Waals surface area contributed by atoms with Gasteiger partial charge < -0.3 is 0 Å². The van der Waals surface area contributed by atoms with Crippen LogP contribution >= 0.6 is 9.24 Å². The third-order valence-corrected chi connectivity index (χ3v) is 1.64. The molecular formula is C9H15P. The average Bonchev–Trinajstić information content (AvgIpc) is 1.97. The van der Waals surface area contributed by atoms with Gasteiger partial charge in [-0.2, -0.15) is 0 Å². The van der Waals surface area contributed by atoms with E-state index in [1.807, 2.05) is 0 Å². The van der Waals surface area contributed by atoms with Crippen LogP contribution in [0, 0.1) is 11.6 Å². The fraction of sp³-hybridized carbons (Fsp3) is 0.778. The van der Waals surface area contributed by atoms with Gasteiger partial charge in [0.2, 0.25) is 0 Å². The van der Waals surface area contributed by atoms with Crippen molar-refractivity contribution < 1.29 is 0 Å². The van der Waals surface area contributed by atoms with E-state index in [4.69, 9.17) is 0 Å². The zero-order chi connectivity index (χ0) is 7.66. The standard InChI is InChI=1S/C9H15P/c1-2-3-4-5-6-7-8-9-10/h2-7H2,1H3. The Morgan fingerprint density at radius 1 is 1.10 bits per heavy atom. The molecule has 0 aliphatic carbocycles. The molecule has 0 saturated heterocycles. The highest BCUT2D eigenvalue weighted by atomic mass is 31.0. The van der Waals surface area contributed by atoms with Crippen LogP contribution in [0.4, 0.5) is 0 Å². The van der Waals surface area contributed by atoms with E-state index in [-0.39, 0.29) is 0 Å². The molecule has 56 valence electrons. The molecule has 0 heterocycles. The van der Waals surface area contributed by atoms with E-state index in [9.17, 15) is 0 Å². The minimum Gasteiger partial charge on any atom is -0.0979 e. The lowest BCUT2D eigenvalue weighted by atomic mass is 10.1. The van der Waals surface area contributed by atoms with Crippen molar-refractivity contribution in [2.24, 2.45) is 0 Å². The van der Waals surface area contributed by atoms with Crippen LogP contribution in [0.15, 0.2) is 0 Å². The van der Waals surface area contributed by atoms with E-state index in [1.54, 1.807) is 0 Å². The van der Waals surface area contributed by atoms with Gasteiger partial charge >= 0.3 is 0 Å². The van der Waals surface area contributed by atoms with Crippen LogP contribution in [0.3, 0.4) is 0 Å². The van der Waals surface area contributed by atoms with Gasteiger partial charge in [0.1, 0.15) is 0 Å². The Balaban J connectivity index is 2.82. The molecule has 0 aliphatic rings. The second-order valence-electron chi connectivity index (χ2n) is 2.45. The molecule has 0 saturated carbocycles. The molecule has 0 bridgehead atoms. The SMILES string of the molecule is CCCCCCCC#C[P]. The first-order chi connectivity index (χ1) is 4.91. The normalized spacial score (nSPS) is 8.60. The smallest absolute Gasteiger partial charge is 0.0586 e. The molecule has 0 aromatic rings. The third-order valence-electron chi connectivity index (χ3n) is 1.48. The highest BCUT2D eigenvalue weighted by Gasteiger charge is 1.85. The molecule has 0 nitrogen and oxygen atoms in total. The maximum absolute atomic E-state index is 3.80. The van der Waals surface area contributed by atoms with E-state index >= 15 is 0 Å². The van der Waals surface area contributed by atoms with E-state index in [0.717, 1.165) is 6.42 Å². The van der Waals surface area contributed by atoms with Crippen molar-refractivity contribution in [2.45, 2.75) is 45.4 Å². The first-order valence-corrected chi connectivity index (χ1v) is 4.48. The van der Waals surface area contributed by atoms with Gasteiger partial charge in [-0.05, 0) is 6.42 Å². The van der Waals surface area contributed by atoms with Gasteiger partial charge in [-0.25, -0.2) is 0 Å². The molecule has 0 aromatic heterocycles. The van der Waals surface area contributed by atoms with Crippen molar-refractivity contribution in [3.63, 3.8) is 0 Å². The first kappa shape index (κ1) is 9.99. The Morgan fingerprint density at radius 3 is 2.40 bits per heavy atom. The zero-order valence-corrected chi connectivity index (χ0v) is 7.58. The van der Waals surface area contributed by atoms with Crippen LogP contribution in [-0.4, -0.2) is 0 Å². The van der Waals surface area contributed by atoms with Gasteiger partial charge in [0.15, 0.2) is 0 Å². The summed E-state index contributed by atoms with van der Waals surface area (Å²) in [7, 11) is 3.80. The van der Waals surface area contributed by atoms with Crippen LogP contribution in [-0.2, 0) is 0 Å². The molecule has 1 heteroatoms. The van der Waals surface area contributed by atoms with Crippen LogP contribution < -0.4 is 0 Å². The molecule has 10 heavy (non-hydrogen) atoms.